The van der Waals surface area contributed by atoms with Gasteiger partial charge in [-0.25, -0.2) is 4.99 Å². The first-order chi connectivity index (χ1) is 6.99. The van der Waals surface area contributed by atoms with Crippen LogP contribution in [0.4, 0.5) is 0 Å². The summed E-state index contributed by atoms with van der Waals surface area (Å²) < 4.78 is 0. The molecule has 0 aromatic heterocycles. The van der Waals surface area contributed by atoms with Gasteiger partial charge < -0.3 is 5.41 Å². The number of rotatable bonds is 2. The Kier molecular flexibility index (Phi) is 3.19. The summed E-state index contributed by atoms with van der Waals surface area (Å²) in [5.74, 6) is 0.707. The van der Waals surface area contributed by atoms with Gasteiger partial charge in [-0.15, -0.1) is 0 Å². The minimum absolute atomic E-state index is 0.118. The average molecular weight is 204 g/mol. The van der Waals surface area contributed by atoms with E-state index in [-0.39, 0.29) is 5.41 Å². The summed E-state index contributed by atoms with van der Waals surface area (Å²) in [6.07, 6.45) is 4.54. The third kappa shape index (κ3) is 2.62. The van der Waals surface area contributed by atoms with E-state index in [1.54, 1.807) is 12.3 Å². The van der Waals surface area contributed by atoms with Gasteiger partial charge in [0.05, 0.1) is 5.70 Å². The zero-order chi connectivity index (χ0) is 11.5. The summed E-state index contributed by atoms with van der Waals surface area (Å²) >= 11 is 0. The van der Waals surface area contributed by atoms with Crippen LogP contribution in [0.1, 0.15) is 20.8 Å². The van der Waals surface area contributed by atoms with E-state index < -0.39 is 0 Å². The molecule has 4 nitrogen and oxygen atoms in total. The minimum Gasteiger partial charge on any atom is -0.307 e. The molecule has 0 saturated carbocycles. The third-order valence-electron chi connectivity index (χ3n) is 1.95. The average Bonchev–Trinajstić information content (AvgIpc) is 2.37. The number of nitrogens with one attached hydrogen (secondary N) is 2. The molecule has 0 amide bonds. The molecule has 0 aromatic carbocycles. The second kappa shape index (κ2) is 4.21. The van der Waals surface area contributed by atoms with Crippen LogP contribution < -0.4 is 5.43 Å². The topological polar surface area (TPSA) is 60.6 Å². The number of amidine groups is 1. The summed E-state index contributed by atoms with van der Waals surface area (Å²) in [5.41, 5.74) is 4.08. The van der Waals surface area contributed by atoms with Crippen molar-refractivity contribution in [1.82, 2.24) is 5.43 Å². The molecule has 15 heavy (non-hydrogen) atoms. The fraction of sp³-hybridized carbons (Fsp3) is 0.364. The van der Waals surface area contributed by atoms with Crippen molar-refractivity contribution in [2.45, 2.75) is 20.8 Å². The molecule has 0 unspecified atom stereocenters. The van der Waals surface area contributed by atoms with Crippen molar-refractivity contribution < 1.29 is 0 Å². The number of aliphatic imine (C=N–C) groups is 1. The van der Waals surface area contributed by atoms with Gasteiger partial charge in [0.25, 0.3) is 0 Å². The normalized spacial score (nSPS) is 16.6. The third-order valence-corrected chi connectivity index (χ3v) is 1.95. The van der Waals surface area contributed by atoms with Crippen LogP contribution in [0.5, 0.6) is 0 Å². The Morgan fingerprint density at radius 3 is 2.60 bits per heavy atom. The Morgan fingerprint density at radius 2 is 2.13 bits per heavy atom. The molecule has 0 atom stereocenters. The van der Waals surface area contributed by atoms with Crippen molar-refractivity contribution in [2.75, 3.05) is 0 Å². The smallest absolute Gasteiger partial charge is 0.153 e. The molecule has 0 fully saturated rings. The Bertz CT molecular complexity index is 367. The van der Waals surface area contributed by atoms with Crippen LogP contribution >= 0.6 is 0 Å². The van der Waals surface area contributed by atoms with Crippen LogP contribution in [0, 0.1) is 10.8 Å². The molecule has 0 aliphatic carbocycles. The number of hydrazone groups is 1. The predicted molar refractivity (Wildman–Crippen MR) is 64.5 cm³/mol. The van der Waals surface area contributed by atoms with Crippen molar-refractivity contribution in [3.8, 4) is 0 Å². The molecule has 0 saturated heterocycles. The van der Waals surface area contributed by atoms with Gasteiger partial charge in [0.15, 0.2) is 5.84 Å². The van der Waals surface area contributed by atoms with E-state index in [1.165, 1.54) is 6.21 Å². The maximum Gasteiger partial charge on any atom is 0.153 e. The van der Waals surface area contributed by atoms with Gasteiger partial charge >= 0.3 is 0 Å². The van der Waals surface area contributed by atoms with Crippen molar-refractivity contribution in [1.29, 1.82) is 5.41 Å². The van der Waals surface area contributed by atoms with Gasteiger partial charge in [0.2, 0.25) is 0 Å². The van der Waals surface area contributed by atoms with Gasteiger partial charge in [-0.3, -0.25) is 5.43 Å². The van der Waals surface area contributed by atoms with Gasteiger partial charge in [-0.05, 0) is 0 Å². The molecule has 4 heteroatoms. The molecule has 0 radical (unpaired) electrons. The number of hydrogen-bond donors (Lipinski definition) is 2. The highest BCUT2D eigenvalue weighted by Crippen LogP contribution is 2.18. The molecular formula is C11H16N4. The van der Waals surface area contributed by atoms with Crippen molar-refractivity contribution >= 4 is 18.3 Å². The first-order valence-corrected chi connectivity index (χ1v) is 4.74. The fourth-order valence-electron chi connectivity index (χ4n) is 1.05. The number of hydrogen-bond acceptors (Lipinski definition) is 4. The van der Waals surface area contributed by atoms with E-state index in [0.717, 1.165) is 5.57 Å². The maximum absolute atomic E-state index is 7.23. The van der Waals surface area contributed by atoms with Gasteiger partial charge in [0, 0.05) is 23.4 Å². The van der Waals surface area contributed by atoms with E-state index in [1.807, 2.05) is 20.8 Å². The Hall–Kier alpha value is -1.71. The van der Waals surface area contributed by atoms with E-state index in [9.17, 15) is 0 Å². The van der Waals surface area contributed by atoms with Crippen LogP contribution in [0.2, 0.25) is 0 Å². The molecule has 1 heterocycles. The first kappa shape index (κ1) is 11.4. The standard InChI is InChI=1S/C11H16N4/c1-5-8-7-13-10(11(2,3)4)15-14-9(8)6-12/h5-7,12,14H,1H2,2-4H3. The second-order valence-electron chi connectivity index (χ2n) is 4.27. The van der Waals surface area contributed by atoms with Crippen LogP contribution in [0.25, 0.3) is 0 Å². The van der Waals surface area contributed by atoms with Crippen LogP contribution in [0.15, 0.2) is 34.0 Å². The summed E-state index contributed by atoms with van der Waals surface area (Å²) in [4.78, 5) is 4.27. The highest BCUT2D eigenvalue weighted by Gasteiger charge is 2.19. The molecule has 1 aliphatic heterocycles. The summed E-state index contributed by atoms with van der Waals surface area (Å²) in [5, 5.41) is 11.4. The highest BCUT2D eigenvalue weighted by atomic mass is 15.3. The Labute approximate surface area is 90.0 Å². The lowest BCUT2D eigenvalue weighted by molar-refractivity contribution is 0.579. The van der Waals surface area contributed by atoms with Crippen LogP contribution in [0.3, 0.4) is 0 Å². The van der Waals surface area contributed by atoms with Gasteiger partial charge in [-0.1, -0.05) is 33.4 Å². The van der Waals surface area contributed by atoms with Crippen molar-refractivity contribution in [2.24, 2.45) is 15.5 Å². The molecule has 0 spiro atoms. The first-order valence-electron chi connectivity index (χ1n) is 4.74. The predicted octanol–water partition coefficient (Wildman–Crippen LogP) is 2.11. The number of nitrogens with zero attached hydrogens (tertiary/aromatic N) is 2. The summed E-state index contributed by atoms with van der Waals surface area (Å²) in [6, 6.07) is 0. The lowest BCUT2D eigenvalue weighted by atomic mass is 9.95. The molecule has 80 valence electrons. The zero-order valence-corrected chi connectivity index (χ0v) is 9.33. The summed E-state index contributed by atoms with van der Waals surface area (Å²) in [7, 11) is 0. The lowest BCUT2D eigenvalue weighted by Crippen LogP contribution is -2.20. The lowest BCUT2D eigenvalue weighted by Gasteiger charge is -2.16. The molecule has 0 aromatic rings. The largest absolute Gasteiger partial charge is 0.307 e. The second-order valence-corrected chi connectivity index (χ2v) is 4.27. The highest BCUT2D eigenvalue weighted by molar-refractivity contribution is 6.02. The Balaban J connectivity index is 3.07. The molecular weight excluding hydrogens is 188 g/mol. The van der Waals surface area contributed by atoms with E-state index in [0.29, 0.717) is 11.5 Å². The summed E-state index contributed by atoms with van der Waals surface area (Å²) in [6.45, 7) is 9.77. The fourth-order valence-corrected chi connectivity index (χ4v) is 1.05. The molecule has 1 rings (SSSR count). The Morgan fingerprint density at radius 1 is 1.47 bits per heavy atom. The van der Waals surface area contributed by atoms with Crippen LogP contribution in [-0.2, 0) is 0 Å². The van der Waals surface area contributed by atoms with E-state index in [2.05, 4.69) is 22.1 Å². The van der Waals surface area contributed by atoms with Crippen molar-refractivity contribution in [3.05, 3.63) is 23.9 Å². The van der Waals surface area contributed by atoms with Crippen molar-refractivity contribution in [3.63, 3.8) is 0 Å². The molecule has 0 bridgehead atoms. The van der Waals surface area contributed by atoms with E-state index >= 15 is 0 Å². The molecule has 1 aliphatic rings. The number of allylic oxidation sites excluding steroid dienone is 3. The molecule has 2 N–H and O–H groups in total. The quantitative estimate of drug-likeness (QED) is 0.665. The SMILES string of the molecule is C=CC1=C(C=N)NN=C(C(C)(C)C)N=C1. The zero-order valence-electron chi connectivity index (χ0n) is 9.33. The van der Waals surface area contributed by atoms with E-state index in [4.69, 9.17) is 5.41 Å². The van der Waals surface area contributed by atoms with Gasteiger partial charge in [-0.2, -0.15) is 5.10 Å². The minimum atomic E-state index is -0.118. The maximum atomic E-state index is 7.23. The monoisotopic (exact) mass is 204 g/mol. The van der Waals surface area contributed by atoms with Gasteiger partial charge in [0.1, 0.15) is 0 Å². The van der Waals surface area contributed by atoms with Crippen LogP contribution in [-0.4, -0.2) is 18.3 Å².